The maximum atomic E-state index is 4.76. The lowest BCUT2D eigenvalue weighted by Crippen LogP contribution is -2.35. The van der Waals surface area contributed by atoms with Crippen molar-refractivity contribution in [1.82, 2.24) is 14.7 Å². The van der Waals surface area contributed by atoms with E-state index in [2.05, 4.69) is 50.1 Å². The molecule has 5 heteroatoms. The average molecular weight is 418 g/mol. The largest absolute Gasteiger partial charge is 0.349 e. The van der Waals surface area contributed by atoms with E-state index in [-0.39, 0.29) is 24.0 Å². The molecule has 126 valence electrons. The third kappa shape index (κ3) is 6.52. The fraction of sp³-hybridized carbons (Fsp3) is 0.588. The predicted octanol–water partition coefficient (Wildman–Crippen LogP) is 3.12. The Morgan fingerprint density at radius 2 is 1.45 bits per heavy atom. The molecule has 0 aliphatic heterocycles. The number of guanidine groups is 1. The van der Waals surface area contributed by atoms with Crippen molar-refractivity contribution in [3.05, 3.63) is 35.4 Å². The molecule has 0 aliphatic carbocycles. The Balaban J connectivity index is 0.00000441. The minimum atomic E-state index is 0. The molecule has 0 unspecified atom stereocenters. The van der Waals surface area contributed by atoms with Crippen molar-refractivity contribution in [2.24, 2.45) is 4.99 Å². The fourth-order valence-corrected chi connectivity index (χ4v) is 2.16. The molecule has 0 N–H and O–H groups in total. The molecule has 1 aromatic rings. The first-order valence-electron chi connectivity index (χ1n) is 7.49. The highest BCUT2D eigenvalue weighted by Crippen LogP contribution is 2.14. The van der Waals surface area contributed by atoms with Crippen molar-refractivity contribution in [3.8, 4) is 0 Å². The zero-order valence-electron chi connectivity index (χ0n) is 15.0. The summed E-state index contributed by atoms with van der Waals surface area (Å²) >= 11 is 0. The lowest BCUT2D eigenvalue weighted by molar-refractivity contribution is 0.265. The van der Waals surface area contributed by atoms with Gasteiger partial charge in [-0.2, -0.15) is 0 Å². The van der Waals surface area contributed by atoms with Gasteiger partial charge in [0.05, 0.1) is 6.54 Å². The first kappa shape index (κ1) is 21.2. The van der Waals surface area contributed by atoms with E-state index in [0.29, 0.717) is 12.6 Å². The van der Waals surface area contributed by atoms with Gasteiger partial charge >= 0.3 is 0 Å². The highest BCUT2D eigenvalue weighted by Gasteiger charge is 2.09. The normalized spacial score (nSPS) is 10.4. The van der Waals surface area contributed by atoms with Gasteiger partial charge in [0, 0.05) is 40.8 Å². The van der Waals surface area contributed by atoms with E-state index in [1.807, 2.05) is 38.0 Å². The van der Waals surface area contributed by atoms with Crippen molar-refractivity contribution >= 4 is 29.9 Å². The zero-order valence-corrected chi connectivity index (χ0v) is 17.3. The van der Waals surface area contributed by atoms with Gasteiger partial charge in [-0.1, -0.05) is 24.3 Å². The lowest BCUT2D eigenvalue weighted by Gasteiger charge is -2.24. The quantitative estimate of drug-likeness (QED) is 0.417. The van der Waals surface area contributed by atoms with E-state index in [9.17, 15) is 0 Å². The monoisotopic (exact) mass is 418 g/mol. The summed E-state index contributed by atoms with van der Waals surface area (Å²) in [6.07, 6.45) is 0. The first-order valence-corrected chi connectivity index (χ1v) is 7.49. The molecular formula is C17H31IN4. The molecule has 0 spiro atoms. The Bertz CT molecular complexity index is 459. The van der Waals surface area contributed by atoms with Gasteiger partial charge in [-0.25, -0.2) is 4.99 Å². The van der Waals surface area contributed by atoms with Gasteiger partial charge in [0.1, 0.15) is 0 Å². The van der Waals surface area contributed by atoms with Gasteiger partial charge in [0.2, 0.25) is 0 Å². The molecule has 0 radical (unpaired) electrons. The SMILES string of the molecule is CC(C)N(C)Cc1ccccc1CN=C(N(C)C)N(C)C.I. The maximum Gasteiger partial charge on any atom is 0.195 e. The third-order valence-corrected chi connectivity index (χ3v) is 3.61. The molecule has 4 nitrogen and oxygen atoms in total. The Morgan fingerprint density at radius 1 is 0.955 bits per heavy atom. The van der Waals surface area contributed by atoms with Crippen LogP contribution in [0.3, 0.4) is 0 Å². The van der Waals surface area contributed by atoms with Crippen LogP contribution in [0.5, 0.6) is 0 Å². The molecule has 0 aromatic heterocycles. The molecule has 1 aromatic carbocycles. The van der Waals surface area contributed by atoms with Gasteiger partial charge < -0.3 is 9.80 Å². The van der Waals surface area contributed by atoms with Gasteiger partial charge in [0.25, 0.3) is 0 Å². The third-order valence-electron chi connectivity index (χ3n) is 3.61. The summed E-state index contributed by atoms with van der Waals surface area (Å²) in [5, 5.41) is 0. The Hall–Kier alpha value is -0.820. The Kier molecular flexibility index (Phi) is 9.67. The number of hydrogen-bond donors (Lipinski definition) is 0. The first-order chi connectivity index (χ1) is 9.82. The second-order valence-electron chi connectivity index (χ2n) is 6.18. The van der Waals surface area contributed by atoms with Crippen molar-refractivity contribution < 1.29 is 0 Å². The van der Waals surface area contributed by atoms with Crippen LogP contribution < -0.4 is 0 Å². The summed E-state index contributed by atoms with van der Waals surface area (Å²) in [5.41, 5.74) is 2.65. The van der Waals surface area contributed by atoms with Crippen LogP contribution in [0.25, 0.3) is 0 Å². The fourth-order valence-electron chi connectivity index (χ4n) is 2.16. The van der Waals surface area contributed by atoms with E-state index in [4.69, 9.17) is 4.99 Å². The van der Waals surface area contributed by atoms with E-state index >= 15 is 0 Å². The lowest BCUT2D eigenvalue weighted by atomic mass is 10.1. The van der Waals surface area contributed by atoms with Gasteiger partial charge in [-0.15, -0.1) is 24.0 Å². The van der Waals surface area contributed by atoms with Crippen LogP contribution in [0, 0.1) is 0 Å². The smallest absolute Gasteiger partial charge is 0.195 e. The Morgan fingerprint density at radius 3 is 1.91 bits per heavy atom. The molecule has 0 saturated carbocycles. The number of hydrogen-bond acceptors (Lipinski definition) is 2. The molecule has 0 atom stereocenters. The molecule has 0 heterocycles. The number of benzene rings is 1. The summed E-state index contributed by atoms with van der Waals surface area (Å²) in [4.78, 5) is 11.2. The molecule has 0 aliphatic rings. The minimum Gasteiger partial charge on any atom is -0.349 e. The molecule has 0 fully saturated rings. The van der Waals surface area contributed by atoms with Crippen LogP contribution in [0.4, 0.5) is 0 Å². The average Bonchev–Trinajstić information content (AvgIpc) is 2.39. The van der Waals surface area contributed by atoms with Crippen LogP contribution in [0.15, 0.2) is 29.3 Å². The van der Waals surface area contributed by atoms with Crippen molar-refractivity contribution in [3.63, 3.8) is 0 Å². The Labute approximate surface area is 153 Å². The highest BCUT2D eigenvalue weighted by atomic mass is 127. The van der Waals surface area contributed by atoms with E-state index in [0.717, 1.165) is 12.5 Å². The molecule has 0 saturated heterocycles. The molecule has 1 rings (SSSR count). The van der Waals surface area contributed by atoms with Gasteiger partial charge in [-0.05, 0) is 32.0 Å². The zero-order chi connectivity index (χ0) is 16.0. The summed E-state index contributed by atoms with van der Waals surface area (Å²) in [7, 11) is 10.3. The summed E-state index contributed by atoms with van der Waals surface area (Å²) in [6.45, 7) is 6.12. The van der Waals surface area contributed by atoms with E-state index < -0.39 is 0 Å². The standard InChI is InChI=1S/C17H30N4.HI/c1-14(2)21(7)13-16-11-9-8-10-15(16)12-18-17(19(3)4)20(5)6;/h8-11,14H,12-13H2,1-7H3;1H. The predicted molar refractivity (Wildman–Crippen MR) is 107 cm³/mol. The van der Waals surface area contributed by atoms with Gasteiger partial charge in [-0.3, -0.25) is 4.90 Å². The summed E-state index contributed by atoms with van der Waals surface area (Å²) < 4.78 is 0. The topological polar surface area (TPSA) is 22.1 Å². The van der Waals surface area contributed by atoms with Crippen molar-refractivity contribution in [1.29, 1.82) is 0 Å². The van der Waals surface area contributed by atoms with Crippen LogP contribution in [0.1, 0.15) is 25.0 Å². The van der Waals surface area contributed by atoms with E-state index in [1.165, 1.54) is 11.1 Å². The highest BCUT2D eigenvalue weighted by molar-refractivity contribution is 14.0. The molecule has 0 bridgehead atoms. The maximum absolute atomic E-state index is 4.76. The van der Waals surface area contributed by atoms with Crippen LogP contribution in [0.2, 0.25) is 0 Å². The summed E-state index contributed by atoms with van der Waals surface area (Å²) in [6, 6.07) is 9.12. The van der Waals surface area contributed by atoms with Crippen LogP contribution in [-0.4, -0.2) is 61.9 Å². The second-order valence-corrected chi connectivity index (χ2v) is 6.18. The second kappa shape index (κ2) is 10.0. The number of nitrogens with zero attached hydrogens (tertiary/aromatic N) is 4. The molecule has 0 amide bonds. The van der Waals surface area contributed by atoms with Crippen molar-refractivity contribution in [2.75, 3.05) is 35.2 Å². The molecule has 22 heavy (non-hydrogen) atoms. The number of aliphatic imine (C=N–C) groups is 1. The van der Waals surface area contributed by atoms with Crippen molar-refractivity contribution in [2.45, 2.75) is 33.0 Å². The van der Waals surface area contributed by atoms with Gasteiger partial charge in [0.15, 0.2) is 5.96 Å². The number of halogens is 1. The number of rotatable bonds is 5. The molecular weight excluding hydrogens is 387 g/mol. The van der Waals surface area contributed by atoms with Crippen LogP contribution in [-0.2, 0) is 13.1 Å². The van der Waals surface area contributed by atoms with E-state index in [1.54, 1.807) is 0 Å². The van der Waals surface area contributed by atoms with Crippen LogP contribution >= 0.6 is 24.0 Å². The minimum absolute atomic E-state index is 0. The summed E-state index contributed by atoms with van der Waals surface area (Å²) in [5.74, 6) is 0.988.